The Balaban J connectivity index is 1.17. The van der Waals surface area contributed by atoms with Crippen LogP contribution in [0.1, 0.15) is 36.9 Å². The van der Waals surface area contributed by atoms with Gasteiger partial charge in [0, 0.05) is 41.5 Å². The molecule has 6 rings (SSSR count). The van der Waals surface area contributed by atoms with Gasteiger partial charge in [-0.15, -0.1) is 11.3 Å². The Kier molecular flexibility index (Phi) is 5.96. The van der Waals surface area contributed by atoms with Crippen LogP contribution in [0.5, 0.6) is 11.5 Å². The largest absolute Gasteiger partial charge is 0.454 e. The van der Waals surface area contributed by atoms with Gasteiger partial charge in [-0.05, 0) is 67.3 Å². The molecule has 0 saturated heterocycles. The molecule has 0 bridgehead atoms. The number of amides is 1. The molecule has 2 aliphatic rings. The highest BCUT2D eigenvalue weighted by Crippen LogP contribution is 2.36. The van der Waals surface area contributed by atoms with E-state index < -0.39 is 0 Å². The van der Waals surface area contributed by atoms with Gasteiger partial charge in [-0.3, -0.25) is 14.6 Å². The lowest BCUT2D eigenvalue weighted by atomic mass is 10.0. The molecule has 0 unspecified atom stereocenters. The number of aryl methyl sites for hydroxylation is 2. The number of aromatic nitrogens is 2. The number of anilines is 1. The van der Waals surface area contributed by atoms with E-state index in [0.717, 1.165) is 49.9 Å². The summed E-state index contributed by atoms with van der Waals surface area (Å²) in [5.41, 5.74) is 6.42. The van der Waals surface area contributed by atoms with Crippen molar-refractivity contribution < 1.29 is 19.1 Å². The van der Waals surface area contributed by atoms with Gasteiger partial charge in [0.25, 0.3) is 5.91 Å². The lowest BCUT2D eigenvalue weighted by Crippen LogP contribution is -2.29. The number of Topliss-reactive ketones (excluding diaryl/α,β-unsaturated/α-hetero) is 1. The Bertz CT molecular complexity index is 1540. The number of hydrogen-bond donors (Lipinski definition) is 0. The average Bonchev–Trinajstić information content (AvgIpc) is 3.61. The molecule has 0 atom stereocenters. The maximum Gasteiger partial charge on any atom is 0.260 e. The fourth-order valence-electron chi connectivity index (χ4n) is 4.90. The number of benzene rings is 2. The molecule has 0 spiro atoms. The van der Waals surface area contributed by atoms with Crippen LogP contribution in [0, 0.1) is 13.8 Å². The maximum atomic E-state index is 13.2. The molecule has 0 radical (unpaired) electrons. The van der Waals surface area contributed by atoms with Crippen molar-refractivity contribution >= 4 is 28.7 Å². The van der Waals surface area contributed by atoms with Gasteiger partial charge in [-0.25, -0.2) is 4.98 Å². The fraction of sp³-hybridized carbons (Fsp3) is 0.241. The third-order valence-corrected chi connectivity index (χ3v) is 7.76. The molecule has 2 aromatic carbocycles. The Hall–Kier alpha value is -4.04. The quantitative estimate of drug-likeness (QED) is 0.358. The minimum absolute atomic E-state index is 0.0230. The first-order chi connectivity index (χ1) is 18.0. The number of ether oxygens (including phenoxy) is 2. The number of carbonyl (C=O) groups is 2. The van der Waals surface area contributed by atoms with Crippen LogP contribution < -0.4 is 14.4 Å². The first-order valence-electron chi connectivity index (χ1n) is 12.2. The molecular weight excluding hydrogens is 486 g/mol. The van der Waals surface area contributed by atoms with E-state index in [2.05, 4.69) is 11.1 Å². The number of pyridine rings is 1. The van der Waals surface area contributed by atoms with Crippen LogP contribution in [0.15, 0.2) is 54.9 Å². The van der Waals surface area contributed by atoms with E-state index in [0.29, 0.717) is 30.0 Å². The van der Waals surface area contributed by atoms with Gasteiger partial charge in [0.1, 0.15) is 10.8 Å². The summed E-state index contributed by atoms with van der Waals surface area (Å²) in [4.78, 5) is 37.8. The highest BCUT2D eigenvalue weighted by molar-refractivity contribution is 7.12. The van der Waals surface area contributed by atoms with Crippen LogP contribution in [-0.2, 0) is 24.1 Å². The SMILES string of the molecule is Cc1ccncc1C(=O)N1CCc2cc(-c3nc(CC(=O)Cc4ccc5c(c4)OCO5)sc3C)ccc21. The number of carbonyl (C=O) groups excluding carboxylic acids is 2. The molecule has 7 nitrogen and oxygen atoms in total. The Morgan fingerprint density at radius 3 is 2.76 bits per heavy atom. The van der Waals surface area contributed by atoms with Crippen molar-refractivity contribution in [3.05, 3.63) is 87.0 Å². The van der Waals surface area contributed by atoms with Crippen LogP contribution in [0.3, 0.4) is 0 Å². The van der Waals surface area contributed by atoms with Gasteiger partial charge in [0.15, 0.2) is 11.5 Å². The number of hydrogen-bond acceptors (Lipinski definition) is 7. The van der Waals surface area contributed by atoms with Crippen molar-refractivity contribution in [3.63, 3.8) is 0 Å². The van der Waals surface area contributed by atoms with Crippen LogP contribution in [-0.4, -0.2) is 35.0 Å². The molecule has 0 aliphatic carbocycles. The number of fused-ring (bicyclic) bond motifs is 2. The Morgan fingerprint density at radius 1 is 1.03 bits per heavy atom. The molecule has 0 saturated carbocycles. The third kappa shape index (κ3) is 4.49. The summed E-state index contributed by atoms with van der Waals surface area (Å²) < 4.78 is 10.8. The summed E-state index contributed by atoms with van der Waals surface area (Å²) in [5.74, 6) is 1.48. The molecule has 0 fully saturated rings. The first-order valence-corrected chi connectivity index (χ1v) is 13.0. The predicted molar refractivity (Wildman–Crippen MR) is 142 cm³/mol. The van der Waals surface area contributed by atoms with Gasteiger partial charge < -0.3 is 14.4 Å². The number of ketones is 1. The minimum atomic E-state index is -0.0230. The Labute approximate surface area is 218 Å². The lowest BCUT2D eigenvalue weighted by Gasteiger charge is -2.18. The lowest BCUT2D eigenvalue weighted by molar-refractivity contribution is -0.117. The summed E-state index contributed by atoms with van der Waals surface area (Å²) in [6, 6.07) is 13.6. The van der Waals surface area contributed by atoms with Crippen molar-refractivity contribution in [2.24, 2.45) is 0 Å². The number of rotatable bonds is 6. The summed E-state index contributed by atoms with van der Waals surface area (Å²) >= 11 is 1.56. The van der Waals surface area contributed by atoms with E-state index in [1.165, 1.54) is 0 Å². The minimum Gasteiger partial charge on any atom is -0.454 e. The van der Waals surface area contributed by atoms with E-state index in [9.17, 15) is 9.59 Å². The van der Waals surface area contributed by atoms with Gasteiger partial charge >= 0.3 is 0 Å². The van der Waals surface area contributed by atoms with Gasteiger partial charge in [-0.2, -0.15) is 0 Å². The number of thiazole rings is 1. The van der Waals surface area contributed by atoms with Crippen LogP contribution in [0.25, 0.3) is 11.3 Å². The molecular formula is C29H25N3O4S. The molecule has 186 valence electrons. The van der Waals surface area contributed by atoms with E-state index in [1.54, 1.807) is 23.7 Å². The van der Waals surface area contributed by atoms with Crippen LogP contribution >= 0.6 is 11.3 Å². The highest BCUT2D eigenvalue weighted by atomic mass is 32.1. The maximum absolute atomic E-state index is 13.2. The molecule has 1 amide bonds. The van der Waals surface area contributed by atoms with Crippen molar-refractivity contribution in [2.75, 3.05) is 18.2 Å². The second-order valence-corrected chi connectivity index (χ2v) is 10.6. The molecule has 4 heterocycles. The van der Waals surface area contributed by atoms with Gasteiger partial charge in [0.2, 0.25) is 6.79 Å². The normalized spacial score (nSPS) is 13.6. The highest BCUT2D eigenvalue weighted by Gasteiger charge is 2.27. The smallest absolute Gasteiger partial charge is 0.260 e. The van der Waals surface area contributed by atoms with Crippen molar-refractivity contribution in [1.29, 1.82) is 0 Å². The second kappa shape index (κ2) is 9.44. The summed E-state index contributed by atoms with van der Waals surface area (Å²) in [6.07, 6.45) is 4.74. The topological polar surface area (TPSA) is 81.6 Å². The van der Waals surface area contributed by atoms with Crippen LogP contribution in [0.4, 0.5) is 5.69 Å². The van der Waals surface area contributed by atoms with E-state index in [4.69, 9.17) is 14.5 Å². The Morgan fingerprint density at radius 2 is 1.89 bits per heavy atom. The van der Waals surface area contributed by atoms with E-state index in [1.807, 2.05) is 55.1 Å². The predicted octanol–water partition coefficient (Wildman–Crippen LogP) is 5.11. The molecule has 0 N–H and O–H groups in total. The first kappa shape index (κ1) is 23.4. The zero-order chi connectivity index (χ0) is 25.5. The summed E-state index contributed by atoms with van der Waals surface area (Å²) in [6.45, 7) is 4.82. The van der Waals surface area contributed by atoms with Gasteiger partial charge in [0.05, 0.1) is 17.7 Å². The van der Waals surface area contributed by atoms with E-state index in [-0.39, 0.29) is 24.9 Å². The van der Waals surface area contributed by atoms with E-state index >= 15 is 0 Å². The fourth-order valence-corrected chi connectivity index (χ4v) is 5.88. The molecule has 2 aromatic heterocycles. The molecule has 2 aliphatic heterocycles. The van der Waals surface area contributed by atoms with Crippen LogP contribution in [0.2, 0.25) is 0 Å². The molecule has 37 heavy (non-hydrogen) atoms. The standard InChI is InChI=1S/C29H25N3O4S/c1-17-7-9-30-15-23(17)29(34)32-10-8-20-13-21(4-5-24(20)32)28-18(2)37-27(31-28)14-22(33)11-19-3-6-25-26(12-19)36-16-35-25/h3-7,9,12-13,15H,8,10-11,14,16H2,1-2H3. The zero-order valence-corrected chi connectivity index (χ0v) is 21.4. The monoisotopic (exact) mass is 511 g/mol. The number of nitrogens with zero attached hydrogens (tertiary/aromatic N) is 3. The zero-order valence-electron chi connectivity index (χ0n) is 20.6. The summed E-state index contributed by atoms with van der Waals surface area (Å²) in [5, 5.41) is 0.808. The second-order valence-electron chi connectivity index (χ2n) is 9.33. The van der Waals surface area contributed by atoms with Crippen molar-refractivity contribution in [2.45, 2.75) is 33.1 Å². The third-order valence-electron chi connectivity index (χ3n) is 6.79. The molecule has 8 heteroatoms. The van der Waals surface area contributed by atoms with Crippen molar-refractivity contribution in [1.82, 2.24) is 9.97 Å². The molecule has 4 aromatic rings. The van der Waals surface area contributed by atoms with Crippen molar-refractivity contribution in [3.8, 4) is 22.8 Å². The summed E-state index contributed by atoms with van der Waals surface area (Å²) in [7, 11) is 0. The van der Waals surface area contributed by atoms with Gasteiger partial charge in [-0.1, -0.05) is 12.1 Å². The average molecular weight is 512 g/mol.